The quantitative estimate of drug-likeness (QED) is 0.926. The van der Waals surface area contributed by atoms with E-state index in [9.17, 15) is 4.79 Å². The van der Waals surface area contributed by atoms with Gasteiger partial charge in [0.1, 0.15) is 5.75 Å². The van der Waals surface area contributed by atoms with Gasteiger partial charge in [0.2, 0.25) is 0 Å². The molecule has 0 aromatic heterocycles. The summed E-state index contributed by atoms with van der Waals surface area (Å²) in [6, 6.07) is 7.69. The van der Waals surface area contributed by atoms with E-state index in [0.717, 1.165) is 24.4 Å². The first-order chi connectivity index (χ1) is 10.1. The molecule has 0 saturated carbocycles. The van der Waals surface area contributed by atoms with Crippen molar-refractivity contribution < 1.29 is 9.53 Å². The molecule has 4 nitrogen and oxygen atoms in total. The maximum absolute atomic E-state index is 12.1. The third-order valence-electron chi connectivity index (χ3n) is 3.73. The molecule has 2 rings (SSSR count). The number of hydrogen-bond acceptors (Lipinski definition) is 2. The fraction of sp³-hybridized carbons (Fsp3) is 0.471. The van der Waals surface area contributed by atoms with Crippen LogP contribution in [0.3, 0.4) is 0 Å². The van der Waals surface area contributed by atoms with Crippen LogP contribution in [-0.2, 0) is 0 Å². The molecule has 0 bridgehead atoms. The van der Waals surface area contributed by atoms with Crippen LogP contribution in [0.1, 0.15) is 25.8 Å². The van der Waals surface area contributed by atoms with Crippen LogP contribution in [0.2, 0.25) is 0 Å². The minimum absolute atomic E-state index is 0.0208. The highest BCUT2D eigenvalue weighted by atomic mass is 16.5. The Kier molecular flexibility index (Phi) is 5.26. The lowest BCUT2D eigenvalue weighted by molar-refractivity contribution is 0.149. The number of piperidine rings is 1. The molecule has 0 radical (unpaired) electrons. The number of nitrogens with one attached hydrogen (secondary N) is 1. The van der Waals surface area contributed by atoms with Crippen LogP contribution in [0.25, 0.3) is 6.08 Å². The van der Waals surface area contributed by atoms with E-state index in [1.807, 2.05) is 35.2 Å². The Bertz CT molecular complexity index is 503. The number of hydrogen-bond donors (Lipinski definition) is 1. The van der Waals surface area contributed by atoms with Gasteiger partial charge in [0.05, 0.1) is 7.11 Å². The number of carbonyl (C=O) groups is 1. The van der Waals surface area contributed by atoms with E-state index in [0.29, 0.717) is 11.8 Å². The van der Waals surface area contributed by atoms with Gasteiger partial charge in [0.15, 0.2) is 0 Å². The molecular formula is C17H24N2O2. The van der Waals surface area contributed by atoms with Gasteiger partial charge in [-0.3, -0.25) is 0 Å². The van der Waals surface area contributed by atoms with Crippen molar-refractivity contribution in [3.63, 3.8) is 0 Å². The van der Waals surface area contributed by atoms with Crippen molar-refractivity contribution in [3.8, 4) is 5.75 Å². The predicted octanol–water partition coefficient (Wildman–Crippen LogP) is 3.35. The molecule has 2 amide bonds. The largest absolute Gasteiger partial charge is 0.497 e. The second-order valence-electron chi connectivity index (χ2n) is 5.91. The van der Waals surface area contributed by atoms with Crippen molar-refractivity contribution in [1.29, 1.82) is 0 Å². The van der Waals surface area contributed by atoms with E-state index in [-0.39, 0.29) is 6.03 Å². The van der Waals surface area contributed by atoms with E-state index >= 15 is 0 Å². The molecule has 1 saturated heterocycles. The molecule has 4 heteroatoms. The van der Waals surface area contributed by atoms with Gasteiger partial charge in [-0.25, -0.2) is 4.79 Å². The first kappa shape index (κ1) is 15.4. The number of benzene rings is 1. The Morgan fingerprint density at radius 3 is 2.71 bits per heavy atom. The predicted molar refractivity (Wildman–Crippen MR) is 85.1 cm³/mol. The lowest BCUT2D eigenvalue weighted by atomic mass is 9.92. The minimum atomic E-state index is -0.0208. The molecule has 1 aromatic rings. The fourth-order valence-electron chi connectivity index (χ4n) is 2.87. The summed E-state index contributed by atoms with van der Waals surface area (Å²) in [5.74, 6) is 1.95. The van der Waals surface area contributed by atoms with Crippen molar-refractivity contribution in [3.05, 3.63) is 36.0 Å². The van der Waals surface area contributed by atoms with Crippen LogP contribution in [0.15, 0.2) is 30.5 Å². The molecular weight excluding hydrogens is 264 g/mol. The van der Waals surface area contributed by atoms with Crippen molar-refractivity contribution in [2.45, 2.75) is 20.3 Å². The standard InChI is InChI=1S/C17H24N2O2/c1-13-9-14(2)12-19(11-13)17(20)18-8-7-15-5-4-6-16(10-15)21-3/h4-8,10,13-14H,9,11-12H2,1-3H3,(H,18,20)/b8-7+. The molecule has 1 fully saturated rings. The van der Waals surface area contributed by atoms with E-state index in [1.54, 1.807) is 13.3 Å². The maximum atomic E-state index is 12.1. The van der Waals surface area contributed by atoms with Crippen LogP contribution in [0.5, 0.6) is 5.75 Å². The summed E-state index contributed by atoms with van der Waals surface area (Å²) in [5, 5.41) is 2.85. The Hall–Kier alpha value is -1.97. The highest BCUT2D eigenvalue weighted by Crippen LogP contribution is 2.20. The fourth-order valence-corrected chi connectivity index (χ4v) is 2.87. The summed E-state index contributed by atoms with van der Waals surface area (Å²) < 4.78 is 5.17. The highest BCUT2D eigenvalue weighted by Gasteiger charge is 2.24. The number of carbonyl (C=O) groups excluding carboxylic acids is 1. The molecule has 2 unspecified atom stereocenters. The number of nitrogens with zero attached hydrogens (tertiary/aromatic N) is 1. The Balaban J connectivity index is 1.89. The summed E-state index contributed by atoms with van der Waals surface area (Å²) in [5.41, 5.74) is 0.995. The summed E-state index contributed by atoms with van der Waals surface area (Å²) in [6.45, 7) is 6.07. The first-order valence-corrected chi connectivity index (χ1v) is 7.44. The van der Waals surface area contributed by atoms with Gasteiger partial charge >= 0.3 is 6.03 Å². The van der Waals surface area contributed by atoms with Crippen LogP contribution in [0, 0.1) is 11.8 Å². The Labute approximate surface area is 126 Å². The Morgan fingerprint density at radius 2 is 2.05 bits per heavy atom. The molecule has 1 heterocycles. The van der Waals surface area contributed by atoms with Crippen molar-refractivity contribution >= 4 is 12.1 Å². The zero-order valence-corrected chi connectivity index (χ0v) is 13.0. The third-order valence-corrected chi connectivity index (χ3v) is 3.73. The molecule has 1 aliphatic rings. The average Bonchev–Trinajstić information content (AvgIpc) is 2.46. The number of urea groups is 1. The molecule has 1 N–H and O–H groups in total. The molecule has 1 aromatic carbocycles. The third kappa shape index (κ3) is 4.52. The van der Waals surface area contributed by atoms with Gasteiger partial charge in [-0.1, -0.05) is 26.0 Å². The number of rotatable bonds is 3. The average molecular weight is 288 g/mol. The SMILES string of the molecule is COc1cccc(/C=C/NC(=O)N2CC(C)CC(C)C2)c1. The zero-order chi connectivity index (χ0) is 15.2. The van der Waals surface area contributed by atoms with Crippen LogP contribution in [-0.4, -0.2) is 31.1 Å². The first-order valence-electron chi connectivity index (χ1n) is 7.44. The summed E-state index contributed by atoms with van der Waals surface area (Å²) in [6.07, 6.45) is 4.77. The van der Waals surface area contributed by atoms with Crippen molar-refractivity contribution in [2.24, 2.45) is 11.8 Å². The van der Waals surface area contributed by atoms with Crippen molar-refractivity contribution in [2.75, 3.05) is 20.2 Å². The highest BCUT2D eigenvalue weighted by molar-refractivity contribution is 5.76. The molecule has 1 aliphatic heterocycles. The van der Waals surface area contributed by atoms with E-state index < -0.39 is 0 Å². The van der Waals surface area contributed by atoms with E-state index in [2.05, 4.69) is 19.2 Å². The number of amides is 2. The van der Waals surface area contributed by atoms with Crippen molar-refractivity contribution in [1.82, 2.24) is 10.2 Å². The zero-order valence-electron chi connectivity index (χ0n) is 13.0. The molecule has 21 heavy (non-hydrogen) atoms. The van der Waals surface area contributed by atoms with Gasteiger partial charge in [0.25, 0.3) is 0 Å². The van der Waals surface area contributed by atoms with Crippen LogP contribution >= 0.6 is 0 Å². The second-order valence-corrected chi connectivity index (χ2v) is 5.91. The smallest absolute Gasteiger partial charge is 0.321 e. The molecule has 2 atom stereocenters. The maximum Gasteiger partial charge on any atom is 0.321 e. The normalized spacial score (nSPS) is 22.3. The molecule has 0 spiro atoms. The monoisotopic (exact) mass is 288 g/mol. The Morgan fingerprint density at radius 1 is 1.33 bits per heavy atom. The molecule has 114 valence electrons. The number of likely N-dealkylation sites (tertiary alicyclic amines) is 1. The van der Waals surface area contributed by atoms with Crippen LogP contribution in [0.4, 0.5) is 4.79 Å². The van der Waals surface area contributed by atoms with Gasteiger partial charge in [-0.2, -0.15) is 0 Å². The number of methoxy groups -OCH3 is 1. The van der Waals surface area contributed by atoms with Gasteiger partial charge < -0.3 is 15.0 Å². The molecule has 0 aliphatic carbocycles. The van der Waals surface area contributed by atoms with Gasteiger partial charge in [-0.05, 0) is 42.0 Å². The van der Waals surface area contributed by atoms with Crippen LogP contribution < -0.4 is 10.1 Å². The van der Waals surface area contributed by atoms with Gasteiger partial charge in [0, 0.05) is 19.3 Å². The summed E-state index contributed by atoms with van der Waals surface area (Å²) >= 11 is 0. The summed E-state index contributed by atoms with van der Waals surface area (Å²) in [7, 11) is 1.64. The topological polar surface area (TPSA) is 41.6 Å². The number of ether oxygens (including phenoxy) is 1. The van der Waals surface area contributed by atoms with E-state index in [1.165, 1.54) is 6.42 Å². The lowest BCUT2D eigenvalue weighted by Gasteiger charge is -2.34. The van der Waals surface area contributed by atoms with E-state index in [4.69, 9.17) is 4.74 Å². The minimum Gasteiger partial charge on any atom is -0.497 e. The summed E-state index contributed by atoms with van der Waals surface area (Å²) in [4.78, 5) is 14.0. The second kappa shape index (κ2) is 7.16. The van der Waals surface area contributed by atoms with Gasteiger partial charge in [-0.15, -0.1) is 0 Å². The lowest BCUT2D eigenvalue weighted by Crippen LogP contribution is -2.46.